The Labute approximate surface area is 409 Å². The van der Waals surface area contributed by atoms with Crippen molar-refractivity contribution in [2.24, 2.45) is 0 Å². The molecule has 8 aromatic rings. The molecule has 0 spiro atoms. The van der Waals surface area contributed by atoms with Gasteiger partial charge in [0.1, 0.15) is 23.1 Å². The maximum atomic E-state index is 14.0. The fraction of sp³-hybridized carbons (Fsp3) is 0.269. The Balaban J connectivity index is 0.000000178. The highest BCUT2D eigenvalue weighted by atomic mass is 19.2. The monoisotopic (exact) mass is 990 g/mol. The zero-order valence-electron chi connectivity index (χ0n) is 39.5. The summed E-state index contributed by atoms with van der Waals surface area (Å²) in [5.41, 5.74) is 3.02. The van der Waals surface area contributed by atoms with Crippen LogP contribution in [0.5, 0.6) is 11.5 Å². The highest BCUT2D eigenvalue weighted by Gasteiger charge is 2.43. The van der Waals surface area contributed by atoms with Crippen LogP contribution in [0, 0.1) is 48.8 Å². The maximum Gasteiger partial charge on any atom is 0.194 e. The molecule has 2 N–H and O–H groups in total. The molecule has 4 aromatic carbocycles. The molecule has 0 unspecified atom stereocenters. The second-order valence-electron chi connectivity index (χ2n) is 17.6. The van der Waals surface area contributed by atoms with Gasteiger partial charge in [-0.25, -0.2) is 55.6 Å². The highest BCUT2D eigenvalue weighted by molar-refractivity contribution is 5.70. The largest absolute Gasteiger partial charge is 0.495 e. The Morgan fingerprint density at radius 2 is 0.958 bits per heavy atom. The van der Waals surface area contributed by atoms with Crippen molar-refractivity contribution in [2.75, 3.05) is 27.4 Å². The molecule has 2 aliphatic heterocycles. The lowest BCUT2D eigenvalue weighted by molar-refractivity contribution is 0.180. The molecule has 72 heavy (non-hydrogen) atoms. The highest BCUT2D eigenvalue weighted by Crippen LogP contribution is 2.42. The number of nitrogens with zero attached hydrogens (tertiary/aromatic N) is 10. The molecule has 6 heterocycles. The quantitative estimate of drug-likeness (QED) is 0.0896. The third-order valence-electron chi connectivity index (χ3n) is 13.0. The van der Waals surface area contributed by atoms with Gasteiger partial charge in [0.15, 0.2) is 46.6 Å². The van der Waals surface area contributed by atoms with Crippen LogP contribution < -0.4 is 9.47 Å². The molecule has 372 valence electrons. The van der Waals surface area contributed by atoms with Gasteiger partial charge in [-0.2, -0.15) is 10.2 Å². The number of fused-ring (bicyclic) bond motifs is 2. The number of aliphatic hydroxyl groups excluding tert-OH is 2. The number of aryl methyl sites for hydroxylation is 4. The fourth-order valence-electron chi connectivity index (χ4n) is 9.33. The van der Waals surface area contributed by atoms with Gasteiger partial charge >= 0.3 is 0 Å². The summed E-state index contributed by atoms with van der Waals surface area (Å²) >= 11 is 0. The van der Waals surface area contributed by atoms with Gasteiger partial charge in [0.2, 0.25) is 0 Å². The molecule has 0 aliphatic carbocycles. The first-order valence-corrected chi connectivity index (χ1v) is 22.9. The fourth-order valence-corrected chi connectivity index (χ4v) is 9.33. The number of imidazole rings is 2. The van der Waals surface area contributed by atoms with E-state index in [0.29, 0.717) is 73.6 Å². The van der Waals surface area contributed by atoms with Crippen LogP contribution in [-0.2, 0) is 23.9 Å². The molecule has 0 fully saturated rings. The van der Waals surface area contributed by atoms with Crippen molar-refractivity contribution >= 4 is 24.3 Å². The van der Waals surface area contributed by atoms with Gasteiger partial charge in [-0.1, -0.05) is 24.3 Å². The normalized spacial score (nSPS) is 17.5. The number of methoxy groups -OCH3 is 2. The summed E-state index contributed by atoms with van der Waals surface area (Å²) in [6, 6.07) is 15.1. The van der Waals surface area contributed by atoms with Crippen LogP contribution in [0.1, 0.15) is 82.6 Å². The minimum Gasteiger partial charge on any atom is -0.495 e. The molecule has 2 atom stereocenters. The molecule has 0 saturated carbocycles. The van der Waals surface area contributed by atoms with Gasteiger partial charge in [-0.15, -0.1) is 0 Å². The summed E-state index contributed by atoms with van der Waals surface area (Å²) in [5.74, 6) is -5.49. The molecule has 10 rings (SSSR count). The van der Waals surface area contributed by atoms with Crippen molar-refractivity contribution in [3.8, 4) is 22.9 Å². The molecule has 4 aromatic heterocycles. The van der Waals surface area contributed by atoms with Crippen LogP contribution >= 0.6 is 0 Å². The Kier molecular flexibility index (Phi) is 13.7. The first-order chi connectivity index (χ1) is 34.7. The van der Waals surface area contributed by atoms with Crippen molar-refractivity contribution in [3.05, 3.63) is 178 Å². The van der Waals surface area contributed by atoms with Crippen molar-refractivity contribution in [1.29, 1.82) is 0 Å². The summed E-state index contributed by atoms with van der Waals surface area (Å²) < 4.78 is 101. The van der Waals surface area contributed by atoms with E-state index in [9.17, 15) is 36.6 Å². The molecule has 0 bridgehead atoms. The number of benzene rings is 4. The van der Waals surface area contributed by atoms with Crippen molar-refractivity contribution in [3.63, 3.8) is 0 Å². The van der Waals surface area contributed by atoms with Crippen LogP contribution in [0.25, 0.3) is 35.7 Å². The van der Waals surface area contributed by atoms with Gasteiger partial charge in [-0.3, -0.25) is 0 Å². The van der Waals surface area contributed by atoms with E-state index in [2.05, 4.69) is 30.1 Å². The minimum atomic E-state index is -1.54. The maximum absolute atomic E-state index is 14.0. The first kappa shape index (κ1) is 49.2. The Morgan fingerprint density at radius 1 is 0.569 bits per heavy atom. The summed E-state index contributed by atoms with van der Waals surface area (Å²) in [6.07, 6.45) is 16.3. The molecule has 20 heteroatoms. The number of halogens is 6. The van der Waals surface area contributed by atoms with Crippen molar-refractivity contribution in [2.45, 2.75) is 63.5 Å². The lowest BCUT2D eigenvalue weighted by Gasteiger charge is -2.35. The van der Waals surface area contributed by atoms with E-state index in [1.807, 2.05) is 83.9 Å². The number of aliphatic hydroxyl groups is 2. The summed E-state index contributed by atoms with van der Waals surface area (Å²) in [4.78, 5) is 17.7. The topological polar surface area (TPSA) is 156 Å². The average molecular weight is 991 g/mol. The molecule has 0 amide bonds. The lowest BCUT2D eigenvalue weighted by Crippen LogP contribution is -2.39. The Hall–Kier alpha value is -7.84. The van der Waals surface area contributed by atoms with E-state index in [4.69, 9.17) is 9.47 Å². The first-order valence-electron chi connectivity index (χ1n) is 22.9. The van der Waals surface area contributed by atoms with Crippen LogP contribution in [0.3, 0.4) is 0 Å². The van der Waals surface area contributed by atoms with Crippen LogP contribution in [0.15, 0.2) is 85.7 Å². The SMILES string of the molecule is COc1cc(/C=C/c2nc3n(n2)CCC[C@@]3(CO)c2cc(F)c(F)c(F)c2)ccc1-n1cnc(C)c1.COc1cc(/C=C/c2nc3n(n2)CCC[C@]3(CO)c2cc(F)c(F)c(F)c2)ccc1-n1cnc(C)c1. The van der Waals surface area contributed by atoms with Crippen molar-refractivity contribution < 1.29 is 46.0 Å². The molecule has 0 saturated heterocycles. The van der Waals surface area contributed by atoms with E-state index in [1.54, 1.807) is 48.4 Å². The van der Waals surface area contributed by atoms with Gasteiger partial charge < -0.3 is 28.8 Å². The predicted octanol–water partition coefficient (Wildman–Crippen LogP) is 8.88. The third-order valence-corrected chi connectivity index (χ3v) is 13.0. The second-order valence-corrected chi connectivity index (χ2v) is 17.6. The number of rotatable bonds is 12. The Bertz CT molecular complexity index is 3100. The second kappa shape index (κ2) is 20.1. The minimum absolute atomic E-state index is 0.125. The molecule has 14 nitrogen and oxygen atoms in total. The van der Waals surface area contributed by atoms with E-state index < -0.39 is 58.9 Å². The molecule has 0 radical (unpaired) electrons. The molecule has 2 aliphatic rings. The molecular formula is C52H48F6N10O4. The zero-order chi connectivity index (χ0) is 50.9. The smallest absolute Gasteiger partial charge is 0.194 e. The van der Waals surface area contributed by atoms with Gasteiger partial charge in [0, 0.05) is 25.5 Å². The third kappa shape index (κ3) is 9.30. The van der Waals surface area contributed by atoms with Gasteiger partial charge in [0.25, 0.3) is 0 Å². The molecular weight excluding hydrogens is 943 g/mol. The number of aromatic nitrogens is 10. The van der Waals surface area contributed by atoms with Gasteiger partial charge in [-0.05, 0) is 122 Å². The standard InChI is InChI=1S/2C26H24F3N5O2/c2*1-16-13-33(15-30-16)21-6-4-17(10-22(21)36-2)5-7-23-31-25-26(14-35,8-3-9-34(25)32-23)18-11-19(27)24(29)20(28)12-18/h2*4-7,10-13,15,35H,3,8-9,14H2,1-2H3/b2*7-5+/t2*26-/m10/s1. The van der Waals surface area contributed by atoms with Crippen molar-refractivity contribution in [1.82, 2.24) is 48.6 Å². The summed E-state index contributed by atoms with van der Waals surface area (Å²) in [7, 11) is 3.19. The average Bonchev–Trinajstić information content (AvgIpc) is 4.22. The van der Waals surface area contributed by atoms with E-state index in [-0.39, 0.29) is 11.1 Å². The van der Waals surface area contributed by atoms with Crippen LogP contribution in [0.4, 0.5) is 26.3 Å². The van der Waals surface area contributed by atoms with Gasteiger partial charge in [0.05, 0.1) is 73.7 Å². The summed E-state index contributed by atoms with van der Waals surface area (Å²) in [6.45, 7) is 3.99. The summed E-state index contributed by atoms with van der Waals surface area (Å²) in [5, 5.41) is 29.7. The van der Waals surface area contributed by atoms with E-state index in [1.165, 1.54) is 0 Å². The zero-order valence-corrected chi connectivity index (χ0v) is 39.5. The van der Waals surface area contributed by atoms with Crippen LogP contribution in [0.2, 0.25) is 0 Å². The predicted molar refractivity (Wildman–Crippen MR) is 254 cm³/mol. The number of hydrogen-bond acceptors (Lipinski definition) is 10. The van der Waals surface area contributed by atoms with E-state index >= 15 is 0 Å². The number of ether oxygens (including phenoxy) is 2. The van der Waals surface area contributed by atoms with E-state index in [0.717, 1.165) is 58.2 Å². The van der Waals surface area contributed by atoms with Crippen LogP contribution in [-0.4, -0.2) is 86.3 Å². The lowest BCUT2D eigenvalue weighted by atomic mass is 9.74. The Morgan fingerprint density at radius 3 is 1.29 bits per heavy atom. The number of hydrogen-bond donors (Lipinski definition) is 2.